The van der Waals surface area contributed by atoms with Crippen molar-refractivity contribution in [1.29, 1.82) is 0 Å². The molecular weight excluding hydrogens is 320 g/mol. The van der Waals surface area contributed by atoms with Gasteiger partial charge in [0.25, 0.3) is 0 Å². The number of carboxylic acids is 1. The molecule has 0 aromatic carbocycles. The van der Waals surface area contributed by atoms with E-state index in [0.717, 1.165) is 51.1 Å². The topological polar surface area (TPSA) is 78.7 Å². The molecule has 1 aliphatic carbocycles. The Hall–Kier alpha value is -1.89. The van der Waals surface area contributed by atoms with Gasteiger partial charge >= 0.3 is 5.97 Å². The lowest BCUT2D eigenvalue weighted by molar-refractivity contribution is -0.148. The molecule has 7 nitrogen and oxygen atoms in total. The molecule has 0 bridgehead atoms. The number of amides is 1. The van der Waals surface area contributed by atoms with Crippen molar-refractivity contribution in [3.63, 3.8) is 0 Å². The van der Waals surface area contributed by atoms with E-state index in [9.17, 15) is 14.7 Å². The summed E-state index contributed by atoms with van der Waals surface area (Å²) in [7, 11) is 2.00. The lowest BCUT2D eigenvalue weighted by atomic mass is 9.76. The average Bonchev–Trinajstić information content (AvgIpc) is 3.27. The first-order valence-electron chi connectivity index (χ1n) is 9.19. The van der Waals surface area contributed by atoms with Crippen molar-refractivity contribution < 1.29 is 14.7 Å². The van der Waals surface area contributed by atoms with Crippen LogP contribution in [0.1, 0.15) is 37.9 Å². The zero-order valence-corrected chi connectivity index (χ0v) is 14.7. The van der Waals surface area contributed by atoms with E-state index in [0.29, 0.717) is 13.0 Å². The van der Waals surface area contributed by atoms with Crippen molar-refractivity contribution in [3.8, 4) is 0 Å². The first-order valence-corrected chi connectivity index (χ1v) is 9.19. The van der Waals surface area contributed by atoms with Crippen molar-refractivity contribution in [2.75, 3.05) is 19.6 Å². The number of likely N-dealkylation sites (tertiary alicyclic amines) is 2. The van der Waals surface area contributed by atoms with E-state index in [1.165, 1.54) is 0 Å². The van der Waals surface area contributed by atoms with Crippen molar-refractivity contribution >= 4 is 11.9 Å². The molecule has 25 heavy (non-hydrogen) atoms. The molecule has 1 aromatic heterocycles. The molecule has 136 valence electrons. The molecule has 0 radical (unpaired) electrons. The Balaban J connectivity index is 1.40. The Bertz CT molecular complexity index is 674. The molecular formula is C18H26N4O3. The normalized spacial score (nSPS) is 26.3. The SMILES string of the molecule is Cn1ccnc1CN1CCC2(CC1)CC(C(=O)O)N(C(=O)C1CC1)C2. The number of aryl methyl sites for hydroxylation is 1. The number of rotatable bonds is 4. The summed E-state index contributed by atoms with van der Waals surface area (Å²) >= 11 is 0. The van der Waals surface area contributed by atoms with Gasteiger partial charge in [-0.1, -0.05) is 0 Å². The largest absolute Gasteiger partial charge is 0.480 e. The molecule has 7 heteroatoms. The minimum Gasteiger partial charge on any atom is -0.480 e. The maximum Gasteiger partial charge on any atom is 0.326 e. The Morgan fingerprint density at radius 2 is 2.04 bits per heavy atom. The quantitative estimate of drug-likeness (QED) is 0.883. The summed E-state index contributed by atoms with van der Waals surface area (Å²) in [5.74, 6) is 0.359. The minimum absolute atomic E-state index is 0.0221. The van der Waals surface area contributed by atoms with Crippen LogP contribution >= 0.6 is 0 Å². The zero-order chi connectivity index (χ0) is 17.6. The smallest absolute Gasteiger partial charge is 0.326 e. The monoisotopic (exact) mass is 346 g/mol. The van der Waals surface area contributed by atoms with Gasteiger partial charge in [0.2, 0.25) is 5.91 Å². The van der Waals surface area contributed by atoms with Crippen LogP contribution in [0.25, 0.3) is 0 Å². The molecule has 3 heterocycles. The number of hydrogen-bond donors (Lipinski definition) is 1. The zero-order valence-electron chi connectivity index (χ0n) is 14.7. The highest BCUT2D eigenvalue weighted by molar-refractivity contribution is 5.87. The average molecular weight is 346 g/mol. The Labute approximate surface area is 147 Å². The van der Waals surface area contributed by atoms with Gasteiger partial charge in [0.05, 0.1) is 6.54 Å². The summed E-state index contributed by atoms with van der Waals surface area (Å²) in [6.07, 6.45) is 8.13. The van der Waals surface area contributed by atoms with Crippen molar-refractivity contribution in [3.05, 3.63) is 18.2 Å². The standard InChI is InChI=1S/C18H26N4O3/c1-20-9-6-19-15(20)11-21-7-4-18(5-8-21)10-14(17(24)25)22(12-18)16(23)13-2-3-13/h6,9,13-14H,2-5,7-8,10-12H2,1H3,(H,24,25). The van der Waals surface area contributed by atoms with Crippen LogP contribution in [0, 0.1) is 11.3 Å². The van der Waals surface area contributed by atoms with E-state index in [1.807, 2.05) is 24.0 Å². The number of carboxylic acid groups (broad SMARTS) is 1. The Morgan fingerprint density at radius 3 is 2.60 bits per heavy atom. The number of imidazole rings is 1. The number of hydrogen-bond acceptors (Lipinski definition) is 4. The first-order chi connectivity index (χ1) is 12.0. The van der Waals surface area contributed by atoms with Crippen molar-refractivity contribution in [2.45, 2.75) is 44.7 Å². The fourth-order valence-electron chi connectivity index (χ4n) is 4.37. The molecule has 1 saturated carbocycles. The highest BCUT2D eigenvalue weighted by Crippen LogP contribution is 2.45. The summed E-state index contributed by atoms with van der Waals surface area (Å²) in [6.45, 7) is 3.32. The van der Waals surface area contributed by atoms with E-state index in [-0.39, 0.29) is 17.2 Å². The molecule has 1 atom stereocenters. The van der Waals surface area contributed by atoms with E-state index in [1.54, 1.807) is 4.90 Å². The molecule has 2 aliphatic heterocycles. The molecule has 1 amide bonds. The van der Waals surface area contributed by atoms with E-state index in [4.69, 9.17) is 0 Å². The van der Waals surface area contributed by atoms with Gasteiger partial charge in [0, 0.05) is 31.9 Å². The molecule has 4 rings (SSSR count). The molecule has 3 fully saturated rings. The fraction of sp³-hybridized carbons (Fsp3) is 0.722. The Kier molecular flexibility index (Phi) is 4.06. The maximum atomic E-state index is 12.5. The fourth-order valence-corrected chi connectivity index (χ4v) is 4.37. The number of piperidine rings is 1. The maximum absolute atomic E-state index is 12.5. The van der Waals surface area contributed by atoms with Gasteiger partial charge in [-0.05, 0) is 50.6 Å². The lowest BCUT2D eigenvalue weighted by Gasteiger charge is -2.39. The third kappa shape index (κ3) is 3.17. The third-order valence-corrected chi connectivity index (χ3v) is 6.21. The van der Waals surface area contributed by atoms with Gasteiger partial charge < -0.3 is 14.6 Å². The van der Waals surface area contributed by atoms with Crippen LogP contribution in [0.3, 0.4) is 0 Å². The lowest BCUT2D eigenvalue weighted by Crippen LogP contribution is -2.43. The Morgan fingerprint density at radius 1 is 1.32 bits per heavy atom. The highest BCUT2D eigenvalue weighted by Gasteiger charge is 2.51. The van der Waals surface area contributed by atoms with E-state index in [2.05, 4.69) is 9.88 Å². The van der Waals surface area contributed by atoms with Gasteiger partial charge in [0.15, 0.2) is 0 Å². The van der Waals surface area contributed by atoms with Gasteiger partial charge in [-0.2, -0.15) is 0 Å². The third-order valence-electron chi connectivity index (χ3n) is 6.21. The summed E-state index contributed by atoms with van der Waals surface area (Å²) in [4.78, 5) is 32.6. The predicted molar refractivity (Wildman–Crippen MR) is 90.6 cm³/mol. The number of nitrogens with zero attached hydrogens (tertiary/aromatic N) is 4. The van der Waals surface area contributed by atoms with Gasteiger partial charge in [-0.3, -0.25) is 9.69 Å². The number of carbonyl (C=O) groups is 2. The molecule has 1 aromatic rings. The predicted octanol–water partition coefficient (Wildman–Crippen LogP) is 1.10. The van der Waals surface area contributed by atoms with Crippen LogP contribution in [0.2, 0.25) is 0 Å². The number of aliphatic carboxylic acids is 1. The van der Waals surface area contributed by atoms with Crippen LogP contribution in [0.5, 0.6) is 0 Å². The number of carbonyl (C=O) groups excluding carboxylic acids is 1. The second kappa shape index (κ2) is 6.12. The van der Waals surface area contributed by atoms with Crippen LogP contribution in [-0.2, 0) is 23.2 Å². The van der Waals surface area contributed by atoms with Gasteiger partial charge in [-0.25, -0.2) is 9.78 Å². The van der Waals surface area contributed by atoms with Crippen LogP contribution in [-0.4, -0.2) is 62.0 Å². The molecule has 1 unspecified atom stereocenters. The number of aromatic nitrogens is 2. The van der Waals surface area contributed by atoms with Crippen LogP contribution in [0.15, 0.2) is 12.4 Å². The van der Waals surface area contributed by atoms with Crippen molar-refractivity contribution in [2.24, 2.45) is 18.4 Å². The van der Waals surface area contributed by atoms with E-state index < -0.39 is 12.0 Å². The molecule has 1 spiro atoms. The summed E-state index contributed by atoms with van der Waals surface area (Å²) < 4.78 is 2.04. The second-order valence-corrected chi connectivity index (χ2v) is 8.03. The second-order valence-electron chi connectivity index (χ2n) is 8.03. The first kappa shape index (κ1) is 16.6. The van der Waals surface area contributed by atoms with Crippen LogP contribution < -0.4 is 0 Å². The van der Waals surface area contributed by atoms with Crippen LogP contribution in [0.4, 0.5) is 0 Å². The molecule has 2 saturated heterocycles. The van der Waals surface area contributed by atoms with Gasteiger partial charge in [0.1, 0.15) is 11.9 Å². The van der Waals surface area contributed by atoms with Gasteiger partial charge in [-0.15, -0.1) is 0 Å². The van der Waals surface area contributed by atoms with Crippen molar-refractivity contribution in [1.82, 2.24) is 19.4 Å². The summed E-state index contributed by atoms with van der Waals surface area (Å²) in [6, 6.07) is -0.630. The highest BCUT2D eigenvalue weighted by atomic mass is 16.4. The van der Waals surface area contributed by atoms with E-state index >= 15 is 0 Å². The minimum atomic E-state index is -0.846. The summed E-state index contributed by atoms with van der Waals surface area (Å²) in [5, 5.41) is 9.59. The summed E-state index contributed by atoms with van der Waals surface area (Å²) in [5.41, 5.74) is -0.0221. The molecule has 3 aliphatic rings. The molecule has 1 N–H and O–H groups in total.